The molecule has 0 spiro atoms. The third kappa shape index (κ3) is 3.51. The molecule has 0 aliphatic carbocycles. The molecule has 0 saturated heterocycles. The molecule has 3 aliphatic rings. The Morgan fingerprint density at radius 2 is 0.738 bits per heavy atom. The van der Waals surface area contributed by atoms with Gasteiger partial charge in [0, 0.05) is 22.1 Å². The van der Waals surface area contributed by atoms with E-state index in [9.17, 15) is 0 Å². The van der Waals surface area contributed by atoms with Crippen molar-refractivity contribution in [3.63, 3.8) is 0 Å². The first-order valence-electron chi connectivity index (χ1n) is 16.7. The van der Waals surface area contributed by atoms with Gasteiger partial charge in [0.25, 0.3) is 0 Å². The molecule has 0 aromatic carbocycles. The monoisotopic (exact) mass is 578 g/mol. The molecule has 0 fully saturated rings. The number of hydrogen-bond donors (Lipinski definition) is 0. The maximum atomic E-state index is 2.68. The van der Waals surface area contributed by atoms with Gasteiger partial charge in [-0.3, -0.25) is 0 Å². The van der Waals surface area contributed by atoms with E-state index in [0.29, 0.717) is 8.88 Å². The lowest BCUT2D eigenvalue weighted by Gasteiger charge is -2.20. The molecule has 0 saturated carbocycles. The van der Waals surface area contributed by atoms with Crippen molar-refractivity contribution in [2.75, 3.05) is 0 Å². The Morgan fingerprint density at radius 1 is 0.405 bits per heavy atom. The fourth-order valence-electron chi connectivity index (χ4n) is 8.65. The van der Waals surface area contributed by atoms with Crippen LogP contribution >= 0.6 is 8.88 Å². The summed E-state index contributed by atoms with van der Waals surface area (Å²) in [5, 5.41) is 5.74. The van der Waals surface area contributed by atoms with Crippen LogP contribution in [0.5, 0.6) is 0 Å². The third-order valence-electron chi connectivity index (χ3n) is 10.5. The van der Waals surface area contributed by atoms with Crippen molar-refractivity contribution >= 4 is 33.2 Å². The van der Waals surface area contributed by atoms with Gasteiger partial charge in [-0.25, -0.2) is 0 Å². The van der Waals surface area contributed by atoms with Crippen LogP contribution < -0.4 is 21.4 Å². The maximum Gasteiger partial charge on any atom is 0.1000 e. The van der Waals surface area contributed by atoms with E-state index in [0.717, 1.165) is 58.0 Å². The van der Waals surface area contributed by atoms with Gasteiger partial charge in [-0.05, 0) is 120 Å². The standard InChI is InChI=1S/C37H47N4P/c1-9-22-24(11-3)32-18-34-26(13-5)28(15-7)36-20-37-29(16-8)27(14-6)35(41(37)42-40(34)36)19-33-25(12-4)23(10-2)31-17-30(22)38(32)21-39(31)33/h17-20,42H,9-16,21H2,1-8H3. The molecule has 7 heterocycles. The van der Waals surface area contributed by atoms with Crippen LogP contribution in [-0.4, -0.2) is 17.8 Å². The Labute approximate surface area is 252 Å². The zero-order chi connectivity index (χ0) is 29.4. The SMILES string of the molecule is CCc1c(CC)c2n3c1C=c1c(CC)c(CC)c(n1C3)=Cc1c(CC)c(CC)c3n1Pn1c(c(CC)c(CC)c1=C3)=C2. The van der Waals surface area contributed by atoms with Crippen LogP contribution in [0.1, 0.15) is 123 Å². The largest absolute Gasteiger partial charge is 0.322 e. The Balaban J connectivity index is 1.76. The van der Waals surface area contributed by atoms with Crippen LogP contribution in [0.25, 0.3) is 24.3 Å². The van der Waals surface area contributed by atoms with Gasteiger partial charge >= 0.3 is 0 Å². The van der Waals surface area contributed by atoms with Crippen molar-refractivity contribution in [3.8, 4) is 0 Å². The summed E-state index contributed by atoms with van der Waals surface area (Å²) in [5.74, 6) is 0. The molecule has 0 amide bonds. The van der Waals surface area contributed by atoms with Crippen molar-refractivity contribution in [3.05, 3.63) is 88.7 Å². The van der Waals surface area contributed by atoms with Gasteiger partial charge in [0.05, 0.1) is 37.6 Å². The van der Waals surface area contributed by atoms with Gasteiger partial charge in [0.15, 0.2) is 0 Å². The molecule has 220 valence electrons. The van der Waals surface area contributed by atoms with Crippen molar-refractivity contribution in [1.82, 2.24) is 17.8 Å². The van der Waals surface area contributed by atoms with E-state index in [4.69, 9.17) is 0 Å². The molecule has 4 nitrogen and oxygen atoms in total. The predicted molar refractivity (Wildman–Crippen MR) is 180 cm³/mol. The fraction of sp³-hybridized carbons (Fsp3) is 0.459. The highest BCUT2D eigenvalue weighted by molar-refractivity contribution is 7.34. The van der Waals surface area contributed by atoms with E-state index in [-0.39, 0.29) is 0 Å². The quantitative estimate of drug-likeness (QED) is 0.225. The molecular weight excluding hydrogens is 531 g/mol. The summed E-state index contributed by atoms with van der Waals surface area (Å²) >= 11 is 0. The smallest absolute Gasteiger partial charge is 0.1000 e. The lowest BCUT2D eigenvalue weighted by Crippen LogP contribution is -2.36. The van der Waals surface area contributed by atoms with Crippen LogP contribution in [-0.2, 0) is 58.0 Å². The summed E-state index contributed by atoms with van der Waals surface area (Å²) in [6.07, 6.45) is 18.8. The highest BCUT2D eigenvalue weighted by atomic mass is 31.1. The maximum absolute atomic E-state index is 2.68. The number of hydrogen-bond acceptors (Lipinski definition) is 0. The summed E-state index contributed by atoms with van der Waals surface area (Å²) in [6.45, 7) is 19.7. The first-order chi connectivity index (χ1) is 20.5. The number of nitrogens with zero attached hydrogens (tertiary/aromatic N) is 4. The van der Waals surface area contributed by atoms with Gasteiger partial charge < -0.3 is 17.8 Å². The van der Waals surface area contributed by atoms with E-state index in [2.05, 4.69) is 97.5 Å². The summed E-state index contributed by atoms with van der Waals surface area (Å²) in [4.78, 5) is 0. The summed E-state index contributed by atoms with van der Waals surface area (Å²) in [7, 11) is 0.542. The van der Waals surface area contributed by atoms with E-state index in [1.165, 1.54) is 66.4 Å². The van der Waals surface area contributed by atoms with Crippen molar-refractivity contribution in [2.45, 2.75) is 113 Å². The molecule has 3 aliphatic heterocycles. The minimum absolute atomic E-state index is 0.542. The molecule has 4 bridgehead atoms. The zero-order valence-electron chi connectivity index (χ0n) is 27.0. The highest BCUT2D eigenvalue weighted by Crippen LogP contribution is 2.36. The van der Waals surface area contributed by atoms with Crippen molar-refractivity contribution in [1.29, 1.82) is 0 Å². The van der Waals surface area contributed by atoms with Gasteiger partial charge in [-0.1, -0.05) is 55.4 Å². The summed E-state index contributed by atoms with van der Waals surface area (Å²) < 4.78 is 10.7. The van der Waals surface area contributed by atoms with Gasteiger partial charge in [-0.2, -0.15) is 0 Å². The van der Waals surface area contributed by atoms with Crippen LogP contribution in [0.4, 0.5) is 0 Å². The van der Waals surface area contributed by atoms with Gasteiger partial charge in [0.2, 0.25) is 0 Å². The second-order valence-corrected chi connectivity index (χ2v) is 13.2. The Kier molecular flexibility index (Phi) is 6.85. The molecular formula is C37H47N4P. The Bertz CT molecular complexity index is 1870. The average Bonchev–Trinajstić information content (AvgIpc) is 3.68. The topological polar surface area (TPSA) is 19.7 Å². The van der Waals surface area contributed by atoms with Gasteiger partial charge in [0.1, 0.15) is 0 Å². The molecule has 1 unspecified atom stereocenters. The van der Waals surface area contributed by atoms with Gasteiger partial charge in [-0.15, -0.1) is 0 Å². The first-order valence-corrected chi connectivity index (χ1v) is 17.6. The van der Waals surface area contributed by atoms with E-state index < -0.39 is 0 Å². The second-order valence-electron chi connectivity index (χ2n) is 12.1. The lowest BCUT2D eigenvalue weighted by molar-refractivity contribution is 0.564. The second kappa shape index (κ2) is 10.3. The van der Waals surface area contributed by atoms with Crippen LogP contribution in [0.3, 0.4) is 0 Å². The minimum atomic E-state index is 0.542. The predicted octanol–water partition coefficient (Wildman–Crippen LogP) is 5.06. The fourth-order valence-corrected chi connectivity index (χ4v) is 10.1. The van der Waals surface area contributed by atoms with E-state index >= 15 is 0 Å². The lowest BCUT2D eigenvalue weighted by atomic mass is 10.0. The van der Waals surface area contributed by atoms with Crippen molar-refractivity contribution < 1.29 is 0 Å². The molecule has 0 N–H and O–H groups in total. The normalized spacial score (nSPS) is 14.7. The Morgan fingerprint density at radius 3 is 1.17 bits per heavy atom. The number of aromatic nitrogens is 4. The van der Waals surface area contributed by atoms with E-state index in [1.54, 1.807) is 22.3 Å². The highest BCUT2D eigenvalue weighted by Gasteiger charge is 2.28. The summed E-state index contributed by atoms with van der Waals surface area (Å²) in [6, 6.07) is 0. The molecule has 4 aromatic heterocycles. The van der Waals surface area contributed by atoms with Crippen LogP contribution in [0.15, 0.2) is 0 Å². The molecule has 1 atom stereocenters. The van der Waals surface area contributed by atoms with Crippen LogP contribution in [0, 0.1) is 0 Å². The minimum Gasteiger partial charge on any atom is -0.322 e. The summed E-state index contributed by atoms with van der Waals surface area (Å²) in [5.41, 5.74) is 18.1. The first kappa shape index (κ1) is 27.8. The average molecular weight is 579 g/mol. The number of rotatable bonds is 8. The van der Waals surface area contributed by atoms with Crippen LogP contribution in [0.2, 0.25) is 0 Å². The molecule has 5 heteroatoms. The third-order valence-corrected chi connectivity index (χ3v) is 11.8. The molecule has 42 heavy (non-hydrogen) atoms. The van der Waals surface area contributed by atoms with E-state index in [1.807, 2.05) is 0 Å². The van der Waals surface area contributed by atoms with Crippen molar-refractivity contribution in [2.24, 2.45) is 0 Å². The molecule has 7 rings (SSSR count). The molecule has 4 aromatic rings. The molecule has 0 radical (unpaired) electrons. The zero-order valence-corrected chi connectivity index (χ0v) is 28.0. The Hall–Kier alpha value is -2.97.